The normalized spacial score (nSPS) is 17.4. The van der Waals surface area contributed by atoms with E-state index in [4.69, 9.17) is 9.47 Å². The third kappa shape index (κ3) is 5.81. The van der Waals surface area contributed by atoms with E-state index in [0.29, 0.717) is 55.6 Å². The molecule has 3 aromatic rings. The van der Waals surface area contributed by atoms with Gasteiger partial charge in [-0.1, -0.05) is 48.0 Å². The first-order valence-electron chi connectivity index (χ1n) is 12.2. The molecule has 0 saturated heterocycles. The van der Waals surface area contributed by atoms with E-state index in [1.54, 1.807) is 36.4 Å². The molecule has 0 atom stereocenters. The number of esters is 1. The van der Waals surface area contributed by atoms with Crippen LogP contribution in [0.1, 0.15) is 49.1 Å². The molecule has 3 aromatic carbocycles. The van der Waals surface area contributed by atoms with Gasteiger partial charge in [0.25, 0.3) is 0 Å². The summed E-state index contributed by atoms with van der Waals surface area (Å²) in [5.41, 5.74) is 2.22. The standard InChI is InChI=1S/C30H29F3O3/c1-3-4-17-35-23-13-16-27(26(31)18-23)36-30(34)22-11-9-21(10-12-22)25-15-14-24(28(32)29(25)33)20-7-5-19(2)6-8-20/h3,5-8,13-16,18,21-22H,1,4,9-12,17H2,2H3. The van der Waals surface area contributed by atoms with Gasteiger partial charge in [-0.3, -0.25) is 4.79 Å². The number of halogens is 3. The summed E-state index contributed by atoms with van der Waals surface area (Å²) in [6.45, 7) is 5.91. The predicted octanol–water partition coefficient (Wildman–Crippen LogP) is 7.91. The minimum absolute atomic E-state index is 0.155. The van der Waals surface area contributed by atoms with E-state index in [1.165, 1.54) is 12.1 Å². The number of hydrogen-bond acceptors (Lipinski definition) is 3. The van der Waals surface area contributed by atoms with E-state index in [9.17, 15) is 13.6 Å². The van der Waals surface area contributed by atoms with Gasteiger partial charge < -0.3 is 9.47 Å². The van der Waals surface area contributed by atoms with Crippen molar-refractivity contribution in [1.29, 1.82) is 0 Å². The van der Waals surface area contributed by atoms with Crippen LogP contribution < -0.4 is 9.47 Å². The van der Waals surface area contributed by atoms with E-state index in [1.807, 2.05) is 19.1 Å². The Morgan fingerprint density at radius 2 is 1.69 bits per heavy atom. The molecule has 1 saturated carbocycles. The molecule has 0 N–H and O–H groups in total. The predicted molar refractivity (Wildman–Crippen MR) is 134 cm³/mol. The average molecular weight is 495 g/mol. The number of rotatable bonds is 8. The quantitative estimate of drug-likeness (QED) is 0.138. The summed E-state index contributed by atoms with van der Waals surface area (Å²) >= 11 is 0. The Morgan fingerprint density at radius 3 is 2.36 bits per heavy atom. The molecule has 0 spiro atoms. The molecule has 0 heterocycles. The highest BCUT2D eigenvalue weighted by Crippen LogP contribution is 2.39. The highest BCUT2D eigenvalue weighted by molar-refractivity contribution is 5.75. The van der Waals surface area contributed by atoms with Gasteiger partial charge in [-0.25, -0.2) is 13.2 Å². The maximum atomic E-state index is 15.0. The van der Waals surface area contributed by atoms with Gasteiger partial charge in [0.15, 0.2) is 23.2 Å². The monoisotopic (exact) mass is 494 g/mol. The summed E-state index contributed by atoms with van der Waals surface area (Å²) in [6, 6.07) is 14.6. The maximum Gasteiger partial charge on any atom is 0.314 e. The molecule has 0 aliphatic heterocycles. The summed E-state index contributed by atoms with van der Waals surface area (Å²) in [5, 5.41) is 0. The fraction of sp³-hybridized carbons (Fsp3) is 0.300. The lowest BCUT2D eigenvalue weighted by atomic mass is 9.78. The van der Waals surface area contributed by atoms with Crippen molar-refractivity contribution in [3.05, 3.63) is 95.8 Å². The topological polar surface area (TPSA) is 35.5 Å². The Bertz CT molecular complexity index is 1230. The van der Waals surface area contributed by atoms with Crippen molar-refractivity contribution in [2.24, 2.45) is 5.92 Å². The van der Waals surface area contributed by atoms with Crippen molar-refractivity contribution in [3.8, 4) is 22.6 Å². The molecular formula is C30H29F3O3. The minimum atomic E-state index is -0.856. The lowest BCUT2D eigenvalue weighted by Gasteiger charge is -2.28. The third-order valence-electron chi connectivity index (χ3n) is 6.68. The number of carbonyl (C=O) groups excluding carboxylic acids is 1. The molecule has 3 nitrogen and oxygen atoms in total. The zero-order valence-electron chi connectivity index (χ0n) is 20.2. The molecule has 1 fully saturated rings. The molecule has 0 amide bonds. The van der Waals surface area contributed by atoms with E-state index >= 15 is 4.39 Å². The lowest BCUT2D eigenvalue weighted by molar-refractivity contribution is -0.140. The maximum absolute atomic E-state index is 15.0. The Kier molecular flexibility index (Phi) is 8.14. The molecule has 1 aliphatic rings. The van der Waals surface area contributed by atoms with Crippen molar-refractivity contribution in [1.82, 2.24) is 0 Å². The summed E-state index contributed by atoms with van der Waals surface area (Å²) in [4.78, 5) is 12.6. The van der Waals surface area contributed by atoms with Gasteiger partial charge in [-0.15, -0.1) is 6.58 Å². The van der Waals surface area contributed by atoms with Gasteiger partial charge >= 0.3 is 5.97 Å². The van der Waals surface area contributed by atoms with Crippen LogP contribution in [0.5, 0.6) is 11.5 Å². The first kappa shape index (κ1) is 25.5. The van der Waals surface area contributed by atoms with Crippen LogP contribution in [0.4, 0.5) is 13.2 Å². The Morgan fingerprint density at radius 1 is 0.972 bits per heavy atom. The minimum Gasteiger partial charge on any atom is -0.493 e. The van der Waals surface area contributed by atoms with Gasteiger partial charge in [0, 0.05) is 11.6 Å². The molecule has 0 aromatic heterocycles. The molecular weight excluding hydrogens is 465 g/mol. The smallest absolute Gasteiger partial charge is 0.314 e. The summed E-state index contributed by atoms with van der Waals surface area (Å²) < 4.78 is 55.0. The van der Waals surface area contributed by atoms with Crippen LogP contribution >= 0.6 is 0 Å². The van der Waals surface area contributed by atoms with Gasteiger partial charge in [-0.05, 0) is 68.2 Å². The average Bonchev–Trinajstić information content (AvgIpc) is 2.88. The first-order valence-corrected chi connectivity index (χ1v) is 12.2. The second kappa shape index (κ2) is 11.5. The van der Waals surface area contributed by atoms with Crippen LogP contribution in [0.2, 0.25) is 0 Å². The second-order valence-corrected chi connectivity index (χ2v) is 9.18. The summed E-state index contributed by atoms with van der Waals surface area (Å²) in [6.07, 6.45) is 4.27. The number of hydrogen-bond donors (Lipinski definition) is 0. The largest absolute Gasteiger partial charge is 0.493 e. The molecule has 4 rings (SSSR count). The fourth-order valence-electron chi connectivity index (χ4n) is 4.58. The van der Waals surface area contributed by atoms with Crippen LogP contribution in [-0.4, -0.2) is 12.6 Å². The van der Waals surface area contributed by atoms with Gasteiger partial charge in [0.05, 0.1) is 12.5 Å². The van der Waals surface area contributed by atoms with Gasteiger partial charge in [-0.2, -0.15) is 0 Å². The van der Waals surface area contributed by atoms with Crippen molar-refractivity contribution in [3.63, 3.8) is 0 Å². The molecule has 0 unspecified atom stereocenters. The Hall–Kier alpha value is -3.54. The molecule has 36 heavy (non-hydrogen) atoms. The highest BCUT2D eigenvalue weighted by atomic mass is 19.2. The van der Waals surface area contributed by atoms with Crippen molar-refractivity contribution in [2.45, 2.75) is 44.9 Å². The van der Waals surface area contributed by atoms with E-state index in [-0.39, 0.29) is 17.2 Å². The summed E-state index contributed by atoms with van der Waals surface area (Å²) in [7, 11) is 0. The summed E-state index contributed by atoms with van der Waals surface area (Å²) in [5.74, 6) is -3.33. The van der Waals surface area contributed by atoms with Gasteiger partial charge in [0.1, 0.15) is 5.75 Å². The first-order chi connectivity index (χ1) is 17.4. The molecule has 1 aliphatic carbocycles. The number of aryl methyl sites for hydroxylation is 1. The van der Waals surface area contributed by atoms with Crippen molar-refractivity contribution >= 4 is 5.97 Å². The SMILES string of the molecule is C=CCCOc1ccc(OC(=O)C2CCC(c3ccc(-c4ccc(C)cc4)c(F)c3F)CC2)c(F)c1. The fourth-order valence-corrected chi connectivity index (χ4v) is 4.58. The van der Waals surface area contributed by atoms with Crippen molar-refractivity contribution in [2.75, 3.05) is 6.61 Å². The van der Waals surface area contributed by atoms with Crippen molar-refractivity contribution < 1.29 is 27.4 Å². The van der Waals surface area contributed by atoms with E-state index in [0.717, 1.165) is 5.56 Å². The van der Waals surface area contributed by atoms with Crippen LogP contribution in [0.25, 0.3) is 11.1 Å². The van der Waals surface area contributed by atoms with Crippen LogP contribution in [0.15, 0.2) is 67.3 Å². The zero-order chi connectivity index (χ0) is 25.7. The number of benzene rings is 3. The van der Waals surface area contributed by atoms with E-state index < -0.39 is 29.3 Å². The Labute approximate surface area is 209 Å². The third-order valence-corrected chi connectivity index (χ3v) is 6.68. The molecule has 188 valence electrons. The van der Waals surface area contributed by atoms with Crippen LogP contribution in [-0.2, 0) is 4.79 Å². The number of carbonyl (C=O) groups is 1. The van der Waals surface area contributed by atoms with Crippen LogP contribution in [0, 0.1) is 30.3 Å². The van der Waals surface area contributed by atoms with Gasteiger partial charge in [0.2, 0.25) is 0 Å². The molecule has 0 radical (unpaired) electrons. The second-order valence-electron chi connectivity index (χ2n) is 9.18. The number of ether oxygens (including phenoxy) is 2. The Balaban J connectivity index is 1.36. The molecule has 0 bridgehead atoms. The van der Waals surface area contributed by atoms with Crippen LogP contribution in [0.3, 0.4) is 0 Å². The van der Waals surface area contributed by atoms with E-state index in [2.05, 4.69) is 6.58 Å². The zero-order valence-corrected chi connectivity index (χ0v) is 20.2. The molecule has 6 heteroatoms. The lowest BCUT2D eigenvalue weighted by Crippen LogP contribution is -2.25. The highest BCUT2D eigenvalue weighted by Gasteiger charge is 2.31.